The van der Waals surface area contributed by atoms with E-state index in [4.69, 9.17) is 10.7 Å². The molecule has 1 fully saturated rings. The zero-order valence-corrected chi connectivity index (χ0v) is 12.9. The van der Waals surface area contributed by atoms with E-state index in [-0.39, 0.29) is 0 Å². The third kappa shape index (κ3) is 2.87. The fourth-order valence-electron chi connectivity index (χ4n) is 3.24. The molecule has 1 aliphatic heterocycles. The molecule has 0 amide bonds. The Hall–Kier alpha value is -1.65. The lowest BCUT2D eigenvalue weighted by atomic mass is 10.1. The van der Waals surface area contributed by atoms with Crippen LogP contribution in [0.1, 0.15) is 18.5 Å². The fraction of sp³-hybridized carbons (Fsp3) is 0.471. The first kappa shape index (κ1) is 14.3. The van der Waals surface area contributed by atoms with Gasteiger partial charge in [0.05, 0.1) is 5.69 Å². The largest absolute Gasteiger partial charge is 0.358 e. The minimum atomic E-state index is 0.481. The van der Waals surface area contributed by atoms with Crippen molar-refractivity contribution in [3.63, 3.8) is 0 Å². The van der Waals surface area contributed by atoms with E-state index in [2.05, 4.69) is 54.2 Å². The number of likely N-dealkylation sites (tertiary alicyclic amines) is 1. The average molecular weight is 284 g/mol. The highest BCUT2D eigenvalue weighted by Gasteiger charge is 2.23. The zero-order valence-electron chi connectivity index (χ0n) is 12.9. The molecule has 4 nitrogen and oxygen atoms in total. The molecule has 21 heavy (non-hydrogen) atoms. The third-order valence-corrected chi connectivity index (χ3v) is 4.50. The van der Waals surface area contributed by atoms with Gasteiger partial charge in [0.25, 0.3) is 0 Å². The molecule has 1 atom stereocenters. The summed E-state index contributed by atoms with van der Waals surface area (Å²) in [6.45, 7) is 2.70. The van der Waals surface area contributed by atoms with Gasteiger partial charge < -0.3 is 15.5 Å². The normalized spacial score (nSPS) is 19.3. The Kier molecular flexibility index (Phi) is 4.08. The first-order valence-corrected chi connectivity index (χ1v) is 7.69. The highest BCUT2D eigenvalue weighted by molar-refractivity contribution is 5.92. The molecule has 3 rings (SSSR count). The van der Waals surface area contributed by atoms with Gasteiger partial charge in [-0.25, -0.2) is 4.98 Å². The summed E-state index contributed by atoms with van der Waals surface area (Å²) in [5, 5.41) is 2.42. The third-order valence-electron chi connectivity index (χ3n) is 4.50. The van der Waals surface area contributed by atoms with E-state index >= 15 is 0 Å². The second kappa shape index (κ2) is 6.00. The molecule has 112 valence electrons. The number of fused-ring (bicyclic) bond motifs is 1. The number of likely N-dealkylation sites (N-methyl/N-ethyl adjacent to an activating group) is 2. The van der Waals surface area contributed by atoms with Gasteiger partial charge in [-0.1, -0.05) is 24.3 Å². The SMILES string of the molecule is CN(CC1CCCN1C)c1nc(CN)cc2ccccc12. The van der Waals surface area contributed by atoms with E-state index in [0.717, 1.165) is 18.1 Å². The van der Waals surface area contributed by atoms with Crippen LogP contribution >= 0.6 is 0 Å². The molecule has 1 unspecified atom stereocenters. The summed E-state index contributed by atoms with van der Waals surface area (Å²) in [5.41, 5.74) is 6.76. The molecular formula is C17H24N4. The average Bonchev–Trinajstić information content (AvgIpc) is 2.91. The van der Waals surface area contributed by atoms with Crippen LogP contribution in [0.3, 0.4) is 0 Å². The number of nitrogens with two attached hydrogens (primary N) is 1. The Bertz CT molecular complexity index is 625. The summed E-state index contributed by atoms with van der Waals surface area (Å²) in [6, 6.07) is 11.1. The van der Waals surface area contributed by atoms with Crippen LogP contribution in [0.4, 0.5) is 5.82 Å². The van der Waals surface area contributed by atoms with Gasteiger partial charge in [0.1, 0.15) is 5.82 Å². The standard InChI is InChI=1S/C17H24N4/c1-20-9-5-7-15(20)12-21(2)17-16-8-4-3-6-13(16)10-14(11-18)19-17/h3-4,6,8,10,15H,5,7,9,11-12,18H2,1-2H3. The summed E-state index contributed by atoms with van der Waals surface area (Å²) < 4.78 is 0. The van der Waals surface area contributed by atoms with Crippen molar-refractivity contribution in [3.05, 3.63) is 36.0 Å². The molecule has 0 aliphatic carbocycles. The maximum atomic E-state index is 5.81. The van der Waals surface area contributed by atoms with E-state index in [1.54, 1.807) is 0 Å². The van der Waals surface area contributed by atoms with E-state index in [0.29, 0.717) is 12.6 Å². The molecule has 0 radical (unpaired) electrons. The van der Waals surface area contributed by atoms with Crippen LogP contribution in [0.5, 0.6) is 0 Å². The number of pyridine rings is 1. The van der Waals surface area contributed by atoms with E-state index < -0.39 is 0 Å². The highest BCUT2D eigenvalue weighted by Crippen LogP contribution is 2.26. The molecule has 1 aromatic carbocycles. The van der Waals surface area contributed by atoms with Gasteiger partial charge in [0.15, 0.2) is 0 Å². The predicted octanol–water partition coefficient (Wildman–Crippen LogP) is 2.22. The summed E-state index contributed by atoms with van der Waals surface area (Å²) in [7, 11) is 4.36. The molecule has 2 aromatic rings. The van der Waals surface area contributed by atoms with Gasteiger partial charge >= 0.3 is 0 Å². The topological polar surface area (TPSA) is 45.4 Å². The smallest absolute Gasteiger partial charge is 0.136 e. The van der Waals surface area contributed by atoms with Crippen LogP contribution in [0.2, 0.25) is 0 Å². The van der Waals surface area contributed by atoms with Gasteiger partial charge in [-0.05, 0) is 37.9 Å². The number of hydrogen-bond acceptors (Lipinski definition) is 4. The Morgan fingerprint density at radius 2 is 2.19 bits per heavy atom. The summed E-state index contributed by atoms with van der Waals surface area (Å²) in [4.78, 5) is 9.50. The molecule has 2 N–H and O–H groups in total. The lowest BCUT2D eigenvalue weighted by molar-refractivity contribution is 0.314. The Morgan fingerprint density at radius 3 is 2.90 bits per heavy atom. The van der Waals surface area contributed by atoms with E-state index in [1.807, 2.05) is 0 Å². The van der Waals surface area contributed by atoms with Crippen molar-refractivity contribution < 1.29 is 0 Å². The van der Waals surface area contributed by atoms with Crippen LogP contribution in [-0.4, -0.2) is 43.1 Å². The Balaban J connectivity index is 1.94. The maximum absolute atomic E-state index is 5.81. The quantitative estimate of drug-likeness (QED) is 0.935. The lowest BCUT2D eigenvalue weighted by Crippen LogP contribution is -2.37. The van der Waals surface area contributed by atoms with Crippen LogP contribution in [0.25, 0.3) is 10.8 Å². The molecular weight excluding hydrogens is 260 g/mol. The van der Waals surface area contributed by atoms with Crippen molar-refractivity contribution in [2.24, 2.45) is 5.73 Å². The van der Waals surface area contributed by atoms with Crippen molar-refractivity contribution in [2.45, 2.75) is 25.4 Å². The number of benzene rings is 1. The number of aromatic nitrogens is 1. The fourth-order valence-corrected chi connectivity index (χ4v) is 3.24. The number of nitrogens with zero attached hydrogens (tertiary/aromatic N) is 3. The van der Waals surface area contributed by atoms with Crippen LogP contribution in [0, 0.1) is 0 Å². The molecule has 0 saturated carbocycles. The van der Waals surface area contributed by atoms with Crippen molar-refractivity contribution in [1.29, 1.82) is 0 Å². The van der Waals surface area contributed by atoms with Crippen LogP contribution in [0.15, 0.2) is 30.3 Å². The van der Waals surface area contributed by atoms with Gasteiger partial charge in [-0.15, -0.1) is 0 Å². The van der Waals surface area contributed by atoms with Crippen molar-refractivity contribution in [3.8, 4) is 0 Å². The molecule has 2 heterocycles. The first-order chi connectivity index (χ1) is 10.2. The predicted molar refractivity (Wildman–Crippen MR) is 88.6 cm³/mol. The van der Waals surface area contributed by atoms with Crippen molar-refractivity contribution >= 4 is 16.6 Å². The molecule has 1 aliphatic rings. The first-order valence-electron chi connectivity index (χ1n) is 7.69. The van der Waals surface area contributed by atoms with Gasteiger partial charge in [-0.2, -0.15) is 0 Å². The summed E-state index contributed by atoms with van der Waals surface area (Å²) >= 11 is 0. The highest BCUT2D eigenvalue weighted by atomic mass is 15.2. The second-order valence-electron chi connectivity index (χ2n) is 6.02. The summed E-state index contributed by atoms with van der Waals surface area (Å²) in [5.74, 6) is 1.05. The van der Waals surface area contributed by atoms with Gasteiger partial charge in [0, 0.05) is 31.6 Å². The van der Waals surface area contributed by atoms with Gasteiger partial charge in [-0.3, -0.25) is 0 Å². The van der Waals surface area contributed by atoms with Crippen molar-refractivity contribution in [2.75, 3.05) is 32.1 Å². The molecule has 0 spiro atoms. The number of anilines is 1. The molecule has 1 aromatic heterocycles. The van der Waals surface area contributed by atoms with Crippen molar-refractivity contribution in [1.82, 2.24) is 9.88 Å². The molecule has 0 bridgehead atoms. The number of hydrogen-bond donors (Lipinski definition) is 1. The lowest BCUT2D eigenvalue weighted by Gasteiger charge is -2.27. The maximum Gasteiger partial charge on any atom is 0.136 e. The Morgan fingerprint density at radius 1 is 1.38 bits per heavy atom. The zero-order chi connectivity index (χ0) is 14.8. The molecule has 1 saturated heterocycles. The van der Waals surface area contributed by atoms with E-state index in [1.165, 1.54) is 30.2 Å². The second-order valence-corrected chi connectivity index (χ2v) is 6.02. The van der Waals surface area contributed by atoms with Gasteiger partial charge in [0.2, 0.25) is 0 Å². The summed E-state index contributed by atoms with van der Waals surface area (Å²) in [6.07, 6.45) is 2.57. The number of rotatable bonds is 4. The van der Waals surface area contributed by atoms with Crippen LogP contribution in [-0.2, 0) is 6.54 Å². The minimum absolute atomic E-state index is 0.481. The Labute approximate surface area is 126 Å². The van der Waals surface area contributed by atoms with Crippen LogP contribution < -0.4 is 10.6 Å². The minimum Gasteiger partial charge on any atom is -0.358 e. The molecule has 4 heteroatoms. The van der Waals surface area contributed by atoms with E-state index in [9.17, 15) is 0 Å². The monoisotopic (exact) mass is 284 g/mol.